The maximum atomic E-state index is 11.9. The smallest absolute Gasteiger partial charge is 0.150 e. The van der Waals surface area contributed by atoms with Gasteiger partial charge in [-0.15, -0.1) is 0 Å². The highest BCUT2D eigenvalue weighted by molar-refractivity contribution is 6.31. The van der Waals surface area contributed by atoms with Crippen LogP contribution < -0.4 is 5.32 Å². The molecule has 2 nitrogen and oxygen atoms in total. The average Bonchev–Trinajstić information content (AvgIpc) is 2.44. The minimum atomic E-state index is 0.183. The third-order valence-electron chi connectivity index (χ3n) is 3.12. The minimum absolute atomic E-state index is 0.183. The molecule has 2 aromatic carbocycles. The van der Waals surface area contributed by atoms with Gasteiger partial charge in [0.1, 0.15) is 0 Å². The Morgan fingerprint density at radius 3 is 2.55 bits per heavy atom. The van der Waals surface area contributed by atoms with Crippen LogP contribution in [0, 0.1) is 6.92 Å². The fourth-order valence-electron chi connectivity index (χ4n) is 2.05. The number of halogens is 1. The monoisotopic (exact) mass is 287 g/mol. The van der Waals surface area contributed by atoms with Crippen molar-refractivity contribution in [3.63, 3.8) is 0 Å². The summed E-state index contributed by atoms with van der Waals surface area (Å²) in [6, 6.07) is 15.8. The first-order chi connectivity index (χ1) is 9.65. The predicted molar refractivity (Wildman–Crippen MR) is 83.0 cm³/mol. The van der Waals surface area contributed by atoms with E-state index >= 15 is 0 Å². The normalized spacial score (nSPS) is 10.5. The molecule has 0 amide bonds. The Labute approximate surface area is 124 Å². The van der Waals surface area contributed by atoms with Crippen molar-refractivity contribution in [2.75, 3.05) is 6.54 Å². The Kier molecular flexibility index (Phi) is 5.33. The molecule has 0 aliphatic carbocycles. The molecule has 0 spiro atoms. The SMILES string of the molecule is Cc1cc(CC(=O)CNCc2ccccc2)ccc1Cl. The Bertz CT molecular complexity index is 581. The van der Waals surface area contributed by atoms with Crippen molar-refractivity contribution < 1.29 is 4.79 Å². The molecule has 3 heteroatoms. The number of nitrogens with one attached hydrogen (secondary N) is 1. The molecule has 104 valence electrons. The quantitative estimate of drug-likeness (QED) is 0.880. The number of rotatable bonds is 6. The van der Waals surface area contributed by atoms with Crippen molar-refractivity contribution >= 4 is 17.4 Å². The van der Waals surface area contributed by atoms with Gasteiger partial charge in [0.2, 0.25) is 0 Å². The summed E-state index contributed by atoms with van der Waals surface area (Å²) in [5.74, 6) is 0.183. The molecule has 1 N–H and O–H groups in total. The van der Waals surface area contributed by atoms with Crippen molar-refractivity contribution in [1.82, 2.24) is 5.32 Å². The van der Waals surface area contributed by atoms with E-state index < -0.39 is 0 Å². The zero-order valence-corrected chi connectivity index (χ0v) is 12.3. The first kappa shape index (κ1) is 14.8. The second-order valence-electron chi connectivity index (χ2n) is 4.89. The van der Waals surface area contributed by atoms with Crippen molar-refractivity contribution in [2.45, 2.75) is 19.9 Å². The fraction of sp³-hybridized carbons (Fsp3) is 0.235. The lowest BCUT2D eigenvalue weighted by Crippen LogP contribution is -2.23. The van der Waals surface area contributed by atoms with E-state index in [1.807, 2.05) is 55.5 Å². The van der Waals surface area contributed by atoms with Crippen LogP contribution in [0.25, 0.3) is 0 Å². The molecule has 0 saturated carbocycles. The molecule has 0 aliphatic rings. The first-order valence-corrected chi connectivity index (χ1v) is 7.04. The number of Topliss-reactive ketones (excluding diaryl/α,β-unsaturated/α-hetero) is 1. The zero-order chi connectivity index (χ0) is 14.4. The molecule has 0 fully saturated rings. The number of ketones is 1. The Balaban J connectivity index is 1.79. The van der Waals surface area contributed by atoms with Crippen LogP contribution in [-0.4, -0.2) is 12.3 Å². The van der Waals surface area contributed by atoms with E-state index in [-0.39, 0.29) is 5.78 Å². The van der Waals surface area contributed by atoms with Gasteiger partial charge in [-0.3, -0.25) is 4.79 Å². The predicted octanol–water partition coefficient (Wildman–Crippen LogP) is 3.55. The van der Waals surface area contributed by atoms with Crippen molar-refractivity contribution in [2.24, 2.45) is 0 Å². The average molecular weight is 288 g/mol. The second-order valence-corrected chi connectivity index (χ2v) is 5.30. The van der Waals surface area contributed by atoms with E-state index in [0.717, 1.165) is 16.1 Å². The standard InChI is InChI=1S/C17H18ClNO/c1-13-9-15(7-8-17(13)18)10-16(20)12-19-11-14-5-3-2-4-6-14/h2-9,19H,10-12H2,1H3. The van der Waals surface area contributed by atoms with E-state index in [2.05, 4.69) is 5.32 Å². The number of hydrogen-bond acceptors (Lipinski definition) is 2. The number of hydrogen-bond donors (Lipinski definition) is 1. The molecule has 0 bridgehead atoms. The highest BCUT2D eigenvalue weighted by atomic mass is 35.5. The number of carbonyl (C=O) groups excluding carboxylic acids is 1. The van der Waals surface area contributed by atoms with Gasteiger partial charge in [-0.2, -0.15) is 0 Å². The van der Waals surface area contributed by atoms with Crippen LogP contribution in [0.4, 0.5) is 0 Å². The van der Waals surface area contributed by atoms with Crippen LogP contribution in [0.1, 0.15) is 16.7 Å². The van der Waals surface area contributed by atoms with Crippen LogP contribution in [0.2, 0.25) is 5.02 Å². The number of carbonyl (C=O) groups is 1. The Hall–Kier alpha value is -1.64. The first-order valence-electron chi connectivity index (χ1n) is 6.66. The summed E-state index contributed by atoms with van der Waals surface area (Å²) in [7, 11) is 0. The Morgan fingerprint density at radius 2 is 1.85 bits per heavy atom. The number of benzene rings is 2. The lowest BCUT2D eigenvalue weighted by atomic mass is 10.1. The molecule has 0 aliphatic heterocycles. The van der Waals surface area contributed by atoms with Gasteiger partial charge >= 0.3 is 0 Å². The van der Waals surface area contributed by atoms with Gasteiger partial charge < -0.3 is 5.32 Å². The molecule has 0 atom stereocenters. The van der Waals surface area contributed by atoms with Crippen LogP contribution in [-0.2, 0) is 17.8 Å². The molecule has 2 aromatic rings. The second kappa shape index (κ2) is 7.22. The molecule has 20 heavy (non-hydrogen) atoms. The summed E-state index contributed by atoms with van der Waals surface area (Å²) < 4.78 is 0. The molecule has 0 heterocycles. The summed E-state index contributed by atoms with van der Waals surface area (Å²) in [5, 5.41) is 3.91. The molecule has 0 radical (unpaired) electrons. The van der Waals surface area contributed by atoms with Crippen LogP contribution in [0.15, 0.2) is 48.5 Å². The summed E-state index contributed by atoms with van der Waals surface area (Å²) in [4.78, 5) is 11.9. The van der Waals surface area contributed by atoms with E-state index in [0.29, 0.717) is 19.5 Å². The van der Waals surface area contributed by atoms with Gasteiger partial charge in [-0.1, -0.05) is 54.1 Å². The van der Waals surface area contributed by atoms with Crippen molar-refractivity contribution in [3.05, 3.63) is 70.2 Å². The highest BCUT2D eigenvalue weighted by Gasteiger charge is 2.05. The van der Waals surface area contributed by atoms with Crippen LogP contribution in [0.3, 0.4) is 0 Å². The zero-order valence-electron chi connectivity index (χ0n) is 11.5. The third kappa shape index (κ3) is 4.48. The summed E-state index contributed by atoms with van der Waals surface area (Å²) >= 11 is 5.97. The molecule has 0 unspecified atom stereocenters. The largest absolute Gasteiger partial charge is 0.306 e. The van der Waals surface area contributed by atoms with E-state index in [1.54, 1.807) is 0 Å². The molecule has 2 rings (SSSR count). The van der Waals surface area contributed by atoms with Gasteiger partial charge in [0.15, 0.2) is 5.78 Å². The molecule has 0 saturated heterocycles. The minimum Gasteiger partial charge on any atom is -0.306 e. The van der Waals surface area contributed by atoms with Crippen molar-refractivity contribution in [3.8, 4) is 0 Å². The molecular formula is C17H18ClNO. The lowest BCUT2D eigenvalue weighted by molar-refractivity contribution is -0.117. The van der Waals surface area contributed by atoms with Crippen LogP contribution in [0.5, 0.6) is 0 Å². The Morgan fingerprint density at radius 1 is 1.10 bits per heavy atom. The summed E-state index contributed by atoms with van der Waals surface area (Å²) in [6.07, 6.45) is 0.444. The fourth-order valence-corrected chi connectivity index (χ4v) is 2.17. The molecule has 0 aromatic heterocycles. The topological polar surface area (TPSA) is 29.1 Å². The summed E-state index contributed by atoms with van der Waals surface area (Å²) in [6.45, 7) is 3.05. The van der Waals surface area contributed by atoms with E-state index in [9.17, 15) is 4.79 Å². The van der Waals surface area contributed by atoms with E-state index in [4.69, 9.17) is 11.6 Å². The molecular weight excluding hydrogens is 270 g/mol. The van der Waals surface area contributed by atoms with Crippen LogP contribution >= 0.6 is 11.6 Å². The van der Waals surface area contributed by atoms with Crippen molar-refractivity contribution in [1.29, 1.82) is 0 Å². The third-order valence-corrected chi connectivity index (χ3v) is 3.54. The summed E-state index contributed by atoms with van der Waals surface area (Å²) in [5.41, 5.74) is 3.20. The maximum Gasteiger partial charge on any atom is 0.150 e. The van der Waals surface area contributed by atoms with Gasteiger partial charge in [-0.25, -0.2) is 0 Å². The van der Waals surface area contributed by atoms with Gasteiger partial charge in [-0.05, 0) is 29.7 Å². The lowest BCUT2D eigenvalue weighted by Gasteiger charge is -2.06. The number of aryl methyl sites for hydroxylation is 1. The van der Waals surface area contributed by atoms with E-state index in [1.165, 1.54) is 5.56 Å². The maximum absolute atomic E-state index is 11.9. The van der Waals surface area contributed by atoms with Gasteiger partial charge in [0, 0.05) is 18.0 Å². The van der Waals surface area contributed by atoms with Gasteiger partial charge in [0.05, 0.1) is 6.54 Å². The highest BCUT2D eigenvalue weighted by Crippen LogP contribution is 2.16. The van der Waals surface area contributed by atoms with Gasteiger partial charge in [0.25, 0.3) is 0 Å².